The highest BCUT2D eigenvalue weighted by Crippen LogP contribution is 2.29. The molecule has 1 unspecified atom stereocenters. The highest BCUT2D eigenvalue weighted by Gasteiger charge is 2.28. The molecule has 3 nitrogen and oxygen atoms in total. The molecule has 0 aromatic carbocycles. The van der Waals surface area contributed by atoms with Gasteiger partial charge in [0.15, 0.2) is 0 Å². The van der Waals surface area contributed by atoms with Gasteiger partial charge in [-0.3, -0.25) is 0 Å². The zero-order valence-corrected chi connectivity index (χ0v) is 9.58. The summed E-state index contributed by atoms with van der Waals surface area (Å²) in [5, 5.41) is 7.38. The number of rotatable bonds is 3. The molecule has 0 spiro atoms. The molecule has 1 aromatic heterocycles. The first-order chi connectivity index (χ1) is 7.58. The second kappa shape index (κ2) is 4.39. The fourth-order valence-electron chi connectivity index (χ4n) is 2.05. The zero-order valence-electron chi connectivity index (χ0n) is 9.58. The smallest absolute Gasteiger partial charge is 0.260 e. The lowest BCUT2D eigenvalue weighted by Crippen LogP contribution is -2.28. The van der Waals surface area contributed by atoms with Crippen LogP contribution >= 0.6 is 0 Å². The Bertz CT molecular complexity index is 360. The minimum atomic E-state index is -2.34. The van der Waals surface area contributed by atoms with Crippen LogP contribution in [0.25, 0.3) is 0 Å². The quantitative estimate of drug-likeness (QED) is 0.863. The molecule has 5 heteroatoms. The maximum absolute atomic E-state index is 12.8. The Kier molecular flexibility index (Phi) is 3.12. The van der Waals surface area contributed by atoms with Gasteiger partial charge in [-0.15, -0.1) is 0 Å². The molecule has 2 heterocycles. The van der Waals surface area contributed by atoms with Crippen LogP contribution in [0.2, 0.25) is 0 Å². The number of hydrogen-bond donors (Lipinski definition) is 1. The van der Waals surface area contributed by atoms with Crippen molar-refractivity contribution in [2.24, 2.45) is 5.92 Å². The number of anilines is 1. The zero-order chi connectivity index (χ0) is 11.7. The van der Waals surface area contributed by atoms with E-state index in [0.717, 1.165) is 17.9 Å². The number of nitrogens with one attached hydrogen (secondary N) is 1. The van der Waals surface area contributed by atoms with E-state index in [2.05, 4.69) is 24.3 Å². The average Bonchev–Trinajstić information content (AvgIpc) is 2.57. The Labute approximate surface area is 93.8 Å². The third-order valence-corrected chi connectivity index (χ3v) is 2.75. The first kappa shape index (κ1) is 11.4. The molecule has 0 radical (unpaired) electrons. The van der Waals surface area contributed by atoms with Crippen LogP contribution in [0.3, 0.4) is 0 Å². The normalized spacial score (nSPS) is 20.0. The Morgan fingerprint density at radius 1 is 1.56 bits per heavy atom. The van der Waals surface area contributed by atoms with Gasteiger partial charge >= 0.3 is 0 Å². The van der Waals surface area contributed by atoms with Crippen LogP contribution in [0.4, 0.5) is 14.6 Å². The Morgan fingerprint density at radius 3 is 2.94 bits per heavy atom. The van der Waals surface area contributed by atoms with E-state index in [1.807, 2.05) is 6.07 Å². The van der Waals surface area contributed by atoms with Crippen molar-refractivity contribution in [3.63, 3.8) is 0 Å². The fourth-order valence-corrected chi connectivity index (χ4v) is 2.05. The Morgan fingerprint density at radius 2 is 2.31 bits per heavy atom. The van der Waals surface area contributed by atoms with Crippen molar-refractivity contribution in [2.45, 2.75) is 39.2 Å². The summed E-state index contributed by atoms with van der Waals surface area (Å²) in [4.78, 5) is 0. The first-order valence-corrected chi connectivity index (χ1v) is 5.68. The van der Waals surface area contributed by atoms with Gasteiger partial charge in [-0.2, -0.15) is 5.10 Å². The fraction of sp³-hybridized carbons (Fsp3) is 0.727. The molecule has 1 aliphatic rings. The second-order valence-corrected chi connectivity index (χ2v) is 4.68. The maximum Gasteiger partial charge on any atom is 0.260 e. The Hall–Kier alpha value is -1.13. The van der Waals surface area contributed by atoms with E-state index in [0.29, 0.717) is 18.9 Å². The predicted molar refractivity (Wildman–Crippen MR) is 58.9 cm³/mol. The van der Waals surface area contributed by atoms with E-state index in [9.17, 15) is 8.78 Å². The van der Waals surface area contributed by atoms with Crippen LogP contribution in [-0.2, 0) is 6.42 Å². The van der Waals surface area contributed by atoms with Gasteiger partial charge in [-0.25, -0.2) is 13.5 Å². The van der Waals surface area contributed by atoms with Crippen molar-refractivity contribution >= 4 is 5.82 Å². The molecule has 90 valence electrons. The number of hydrogen-bond acceptors (Lipinski definition) is 2. The summed E-state index contributed by atoms with van der Waals surface area (Å²) < 4.78 is 27.0. The third kappa shape index (κ3) is 2.18. The van der Waals surface area contributed by atoms with Gasteiger partial charge in [0.1, 0.15) is 11.9 Å². The average molecular weight is 229 g/mol. The number of fused-ring (bicyclic) bond motifs is 1. The predicted octanol–water partition coefficient (Wildman–Crippen LogP) is 2.70. The molecule has 1 aromatic rings. The molecular formula is C11H17F2N3. The number of nitrogens with zero attached hydrogens (tertiary/aromatic N) is 2. The van der Waals surface area contributed by atoms with Gasteiger partial charge in [0.25, 0.3) is 6.43 Å². The van der Waals surface area contributed by atoms with Crippen molar-refractivity contribution < 1.29 is 8.78 Å². The molecule has 0 saturated carbocycles. The molecule has 0 fully saturated rings. The van der Waals surface area contributed by atoms with Crippen LogP contribution in [0.15, 0.2) is 6.07 Å². The summed E-state index contributed by atoms with van der Waals surface area (Å²) >= 11 is 0. The molecule has 0 amide bonds. The lowest BCUT2D eigenvalue weighted by Gasteiger charge is -2.24. The van der Waals surface area contributed by atoms with Crippen LogP contribution in [0, 0.1) is 5.92 Å². The summed E-state index contributed by atoms with van der Waals surface area (Å²) in [6.07, 6.45) is -1.07. The lowest BCUT2D eigenvalue weighted by molar-refractivity contribution is 0.0713. The number of halogens is 2. The SMILES string of the molecule is CC(C)Cc1cc2n(n1)C(C(F)F)CCN2. The molecule has 1 aliphatic heterocycles. The van der Waals surface area contributed by atoms with Gasteiger partial charge in [0.05, 0.1) is 5.69 Å². The van der Waals surface area contributed by atoms with Crippen molar-refractivity contribution in [3.8, 4) is 0 Å². The molecule has 0 bridgehead atoms. The first-order valence-electron chi connectivity index (χ1n) is 5.68. The molecule has 1 N–H and O–H groups in total. The van der Waals surface area contributed by atoms with Crippen molar-refractivity contribution in [3.05, 3.63) is 11.8 Å². The number of alkyl halides is 2. The van der Waals surface area contributed by atoms with Gasteiger partial charge in [0.2, 0.25) is 0 Å². The second-order valence-electron chi connectivity index (χ2n) is 4.68. The third-order valence-electron chi connectivity index (χ3n) is 2.75. The van der Waals surface area contributed by atoms with E-state index in [1.54, 1.807) is 0 Å². The maximum atomic E-state index is 12.8. The highest BCUT2D eigenvalue weighted by atomic mass is 19.3. The Balaban J connectivity index is 2.24. The standard InChI is InChI=1S/C11H17F2N3/c1-7(2)5-8-6-10-14-4-3-9(11(12)13)16(10)15-8/h6-7,9,11,14H,3-5H2,1-2H3. The van der Waals surface area contributed by atoms with Gasteiger partial charge in [-0.1, -0.05) is 13.8 Å². The minimum Gasteiger partial charge on any atom is -0.370 e. The van der Waals surface area contributed by atoms with Gasteiger partial charge in [0, 0.05) is 12.6 Å². The van der Waals surface area contributed by atoms with Crippen LogP contribution in [0.1, 0.15) is 32.0 Å². The van der Waals surface area contributed by atoms with E-state index < -0.39 is 12.5 Å². The largest absolute Gasteiger partial charge is 0.370 e. The summed E-state index contributed by atoms with van der Waals surface area (Å²) in [5.41, 5.74) is 0.894. The molecule has 16 heavy (non-hydrogen) atoms. The van der Waals surface area contributed by atoms with E-state index in [1.165, 1.54) is 4.68 Å². The lowest BCUT2D eigenvalue weighted by atomic mass is 10.1. The molecule has 2 rings (SSSR count). The minimum absolute atomic E-state index is 0.438. The molecular weight excluding hydrogens is 212 g/mol. The molecule has 0 aliphatic carbocycles. The monoisotopic (exact) mass is 229 g/mol. The topological polar surface area (TPSA) is 29.9 Å². The van der Waals surface area contributed by atoms with E-state index in [4.69, 9.17) is 0 Å². The van der Waals surface area contributed by atoms with E-state index >= 15 is 0 Å². The van der Waals surface area contributed by atoms with E-state index in [-0.39, 0.29) is 0 Å². The number of aromatic nitrogens is 2. The van der Waals surface area contributed by atoms with Crippen molar-refractivity contribution in [1.82, 2.24) is 9.78 Å². The van der Waals surface area contributed by atoms with Crippen molar-refractivity contribution in [1.29, 1.82) is 0 Å². The van der Waals surface area contributed by atoms with Crippen molar-refractivity contribution in [2.75, 3.05) is 11.9 Å². The summed E-state index contributed by atoms with van der Waals surface area (Å²) in [5.74, 6) is 1.22. The summed E-state index contributed by atoms with van der Waals surface area (Å²) in [7, 11) is 0. The summed E-state index contributed by atoms with van der Waals surface area (Å²) in [6.45, 7) is 4.79. The van der Waals surface area contributed by atoms with Crippen LogP contribution < -0.4 is 5.32 Å². The highest BCUT2D eigenvalue weighted by molar-refractivity contribution is 5.39. The van der Waals surface area contributed by atoms with Crippen LogP contribution in [0.5, 0.6) is 0 Å². The molecule has 0 saturated heterocycles. The van der Waals surface area contributed by atoms with Gasteiger partial charge < -0.3 is 5.32 Å². The molecule has 1 atom stereocenters. The van der Waals surface area contributed by atoms with Gasteiger partial charge in [-0.05, 0) is 18.8 Å². The summed E-state index contributed by atoms with van der Waals surface area (Å²) in [6, 6.07) is 1.12. The van der Waals surface area contributed by atoms with Crippen LogP contribution in [-0.4, -0.2) is 22.8 Å².